The molecule has 0 aliphatic heterocycles. The summed E-state index contributed by atoms with van der Waals surface area (Å²) in [5, 5.41) is 13.9. The van der Waals surface area contributed by atoms with Gasteiger partial charge in [-0.25, -0.2) is 4.79 Å². The van der Waals surface area contributed by atoms with Gasteiger partial charge in [0.05, 0.1) is 5.69 Å². The van der Waals surface area contributed by atoms with Crippen molar-refractivity contribution in [1.29, 1.82) is 0 Å². The summed E-state index contributed by atoms with van der Waals surface area (Å²) in [5.41, 5.74) is 3.70. The molecule has 0 saturated heterocycles. The molecule has 3 aromatic rings. The number of nitrogens with zero attached hydrogens (tertiary/aromatic N) is 4. The number of carbonyl (C=O) groups excluding carboxylic acids is 1. The Morgan fingerprint density at radius 1 is 1.13 bits per heavy atom. The van der Waals surface area contributed by atoms with Gasteiger partial charge in [0.1, 0.15) is 0 Å². The first-order valence-corrected chi connectivity index (χ1v) is 7.19. The van der Waals surface area contributed by atoms with E-state index >= 15 is 0 Å². The highest BCUT2D eigenvalue weighted by Gasteiger charge is 2.09. The molecule has 7 nitrogen and oxygen atoms in total. The van der Waals surface area contributed by atoms with E-state index in [9.17, 15) is 4.79 Å². The molecule has 118 valence electrons. The molecule has 0 spiro atoms. The Kier molecular flexibility index (Phi) is 3.84. The van der Waals surface area contributed by atoms with Gasteiger partial charge in [0.15, 0.2) is 5.82 Å². The number of aromatic nitrogens is 4. The normalized spacial score (nSPS) is 10.6. The van der Waals surface area contributed by atoms with Crippen LogP contribution >= 0.6 is 0 Å². The van der Waals surface area contributed by atoms with Crippen LogP contribution in [0.5, 0.6) is 0 Å². The van der Waals surface area contributed by atoms with Crippen molar-refractivity contribution in [2.75, 3.05) is 10.6 Å². The highest BCUT2D eigenvalue weighted by Crippen LogP contribution is 2.25. The quantitative estimate of drug-likeness (QED) is 0.781. The average Bonchev–Trinajstić information content (AvgIpc) is 3.10. The van der Waals surface area contributed by atoms with Gasteiger partial charge in [-0.1, -0.05) is 12.1 Å². The molecule has 0 aliphatic carbocycles. The van der Waals surface area contributed by atoms with Gasteiger partial charge in [0.2, 0.25) is 0 Å². The number of nitrogens with one attached hydrogen (secondary N) is 2. The Morgan fingerprint density at radius 3 is 2.61 bits per heavy atom. The molecule has 7 heteroatoms. The number of benzene rings is 1. The van der Waals surface area contributed by atoms with Crippen LogP contribution in [0.4, 0.5) is 16.3 Å². The van der Waals surface area contributed by atoms with Crippen molar-refractivity contribution >= 4 is 17.5 Å². The van der Waals surface area contributed by atoms with E-state index in [0.717, 1.165) is 22.5 Å². The first-order valence-electron chi connectivity index (χ1n) is 7.19. The molecule has 0 unspecified atom stereocenters. The van der Waals surface area contributed by atoms with Crippen molar-refractivity contribution in [3.05, 3.63) is 48.3 Å². The third-order valence-electron chi connectivity index (χ3n) is 3.56. The third kappa shape index (κ3) is 3.23. The number of amides is 2. The molecule has 2 heterocycles. The van der Waals surface area contributed by atoms with Crippen molar-refractivity contribution in [2.45, 2.75) is 6.92 Å². The monoisotopic (exact) mass is 310 g/mol. The van der Waals surface area contributed by atoms with Gasteiger partial charge >= 0.3 is 6.03 Å². The molecular formula is C16H18N6O. The number of anilines is 2. The van der Waals surface area contributed by atoms with Gasteiger partial charge in [-0.15, -0.1) is 0 Å². The van der Waals surface area contributed by atoms with Crippen molar-refractivity contribution in [1.82, 2.24) is 19.6 Å². The third-order valence-corrected chi connectivity index (χ3v) is 3.56. The van der Waals surface area contributed by atoms with Crippen LogP contribution < -0.4 is 10.6 Å². The summed E-state index contributed by atoms with van der Waals surface area (Å²) >= 11 is 0. The summed E-state index contributed by atoms with van der Waals surface area (Å²) in [6.45, 7) is 1.95. The van der Waals surface area contributed by atoms with Crippen molar-refractivity contribution < 1.29 is 4.79 Å². The Labute approximate surface area is 133 Å². The molecule has 2 aromatic heterocycles. The fourth-order valence-electron chi connectivity index (χ4n) is 2.32. The zero-order valence-corrected chi connectivity index (χ0v) is 13.2. The highest BCUT2D eigenvalue weighted by molar-refractivity contribution is 6.00. The van der Waals surface area contributed by atoms with Gasteiger partial charge in [-0.05, 0) is 24.6 Å². The van der Waals surface area contributed by atoms with Crippen LogP contribution in [0.15, 0.2) is 42.7 Å². The SMILES string of the molecule is Cc1ccc(-c2ccnn2C)cc1NC(=O)Nc1ccn(C)n1. The largest absolute Gasteiger partial charge is 0.324 e. The summed E-state index contributed by atoms with van der Waals surface area (Å²) < 4.78 is 3.42. The van der Waals surface area contributed by atoms with Crippen molar-refractivity contribution in [3.8, 4) is 11.3 Å². The maximum atomic E-state index is 12.1. The lowest BCUT2D eigenvalue weighted by Crippen LogP contribution is -2.20. The number of hydrogen-bond acceptors (Lipinski definition) is 3. The van der Waals surface area contributed by atoms with Crippen LogP contribution in [-0.2, 0) is 14.1 Å². The number of rotatable bonds is 3. The fourth-order valence-corrected chi connectivity index (χ4v) is 2.32. The summed E-state index contributed by atoms with van der Waals surface area (Å²) in [6, 6.07) is 9.26. The van der Waals surface area contributed by atoms with Crippen LogP contribution in [0.2, 0.25) is 0 Å². The minimum absolute atomic E-state index is 0.325. The first kappa shape index (κ1) is 14.8. The summed E-state index contributed by atoms with van der Waals surface area (Å²) in [7, 11) is 3.68. The molecule has 0 radical (unpaired) electrons. The van der Waals surface area contributed by atoms with Gasteiger partial charge in [-0.2, -0.15) is 10.2 Å². The Hall–Kier alpha value is -3.09. The van der Waals surface area contributed by atoms with Crippen molar-refractivity contribution in [3.63, 3.8) is 0 Å². The Balaban J connectivity index is 1.79. The van der Waals surface area contributed by atoms with Crippen LogP contribution in [0.25, 0.3) is 11.3 Å². The zero-order chi connectivity index (χ0) is 16.4. The topological polar surface area (TPSA) is 76.8 Å². The molecule has 0 saturated carbocycles. The zero-order valence-electron chi connectivity index (χ0n) is 13.2. The predicted molar refractivity (Wildman–Crippen MR) is 89.2 cm³/mol. The lowest BCUT2D eigenvalue weighted by molar-refractivity contribution is 0.262. The number of hydrogen-bond donors (Lipinski definition) is 2. The molecule has 2 amide bonds. The summed E-state index contributed by atoms with van der Waals surface area (Å²) in [6.07, 6.45) is 3.51. The molecular weight excluding hydrogens is 292 g/mol. The summed E-state index contributed by atoms with van der Waals surface area (Å²) in [5.74, 6) is 0.505. The number of aryl methyl sites for hydroxylation is 3. The van der Waals surface area contributed by atoms with Crippen LogP contribution in [0.3, 0.4) is 0 Å². The second kappa shape index (κ2) is 5.96. The maximum absolute atomic E-state index is 12.1. The Morgan fingerprint density at radius 2 is 1.96 bits per heavy atom. The standard InChI is InChI=1S/C16H18N6O/c1-11-4-5-12(14-6-8-17-22(14)3)10-13(11)18-16(23)19-15-7-9-21(2)20-15/h4-10H,1-3H3,(H2,18,19,20,23). The lowest BCUT2D eigenvalue weighted by atomic mass is 10.1. The molecule has 23 heavy (non-hydrogen) atoms. The van der Waals surface area contributed by atoms with E-state index in [1.807, 2.05) is 38.2 Å². The smallest absolute Gasteiger partial charge is 0.307 e. The van der Waals surface area contributed by atoms with E-state index < -0.39 is 0 Å². The van der Waals surface area contributed by atoms with Gasteiger partial charge in [-0.3, -0.25) is 14.7 Å². The van der Waals surface area contributed by atoms with Gasteiger partial charge in [0, 0.05) is 43.8 Å². The van der Waals surface area contributed by atoms with Crippen LogP contribution in [0.1, 0.15) is 5.56 Å². The molecule has 0 aliphatic rings. The van der Waals surface area contributed by atoms with Crippen LogP contribution in [0, 0.1) is 6.92 Å². The molecule has 0 atom stereocenters. The molecule has 3 rings (SSSR count). The minimum Gasteiger partial charge on any atom is -0.307 e. The first-order chi connectivity index (χ1) is 11.0. The van der Waals surface area contributed by atoms with Gasteiger partial charge < -0.3 is 5.32 Å². The fraction of sp³-hybridized carbons (Fsp3) is 0.188. The molecule has 1 aromatic carbocycles. The molecule has 2 N–H and O–H groups in total. The van der Waals surface area contributed by atoms with E-state index in [1.165, 1.54) is 0 Å². The molecule has 0 fully saturated rings. The van der Waals surface area contributed by atoms with E-state index in [2.05, 4.69) is 20.8 Å². The summed E-state index contributed by atoms with van der Waals surface area (Å²) in [4.78, 5) is 12.1. The second-order valence-electron chi connectivity index (χ2n) is 5.32. The highest BCUT2D eigenvalue weighted by atomic mass is 16.2. The Bertz CT molecular complexity index is 848. The lowest BCUT2D eigenvalue weighted by Gasteiger charge is -2.11. The minimum atomic E-state index is -0.325. The van der Waals surface area contributed by atoms with Crippen LogP contribution in [-0.4, -0.2) is 25.6 Å². The van der Waals surface area contributed by atoms with E-state index in [1.54, 1.807) is 34.9 Å². The van der Waals surface area contributed by atoms with E-state index in [4.69, 9.17) is 0 Å². The van der Waals surface area contributed by atoms with E-state index in [-0.39, 0.29) is 6.03 Å². The predicted octanol–water partition coefficient (Wildman–Crippen LogP) is 2.77. The van der Waals surface area contributed by atoms with E-state index in [0.29, 0.717) is 5.82 Å². The number of urea groups is 1. The average molecular weight is 310 g/mol. The number of carbonyl (C=O) groups is 1. The molecule has 0 bridgehead atoms. The second-order valence-corrected chi connectivity index (χ2v) is 5.32. The van der Waals surface area contributed by atoms with Gasteiger partial charge in [0.25, 0.3) is 0 Å². The maximum Gasteiger partial charge on any atom is 0.324 e. The van der Waals surface area contributed by atoms with Crippen molar-refractivity contribution in [2.24, 2.45) is 14.1 Å².